The molecule has 2 fully saturated rings. The fraction of sp³-hybridized carbons (Fsp3) is 0.440. The Kier molecular flexibility index (Phi) is 7.39. The van der Waals surface area contributed by atoms with Crippen LogP contribution in [0.15, 0.2) is 48.5 Å². The zero-order valence-corrected chi connectivity index (χ0v) is 19.7. The molecule has 2 saturated heterocycles. The normalized spacial score (nSPS) is 23.5. The van der Waals surface area contributed by atoms with Crippen molar-refractivity contribution in [3.8, 4) is 0 Å². The van der Waals surface area contributed by atoms with Crippen molar-refractivity contribution < 1.29 is 9.59 Å². The van der Waals surface area contributed by atoms with Crippen LogP contribution in [0.2, 0.25) is 10.0 Å². The highest BCUT2D eigenvalue weighted by molar-refractivity contribution is 6.31. The minimum Gasteiger partial charge on any atom is -0.352 e. The lowest BCUT2D eigenvalue weighted by Gasteiger charge is -2.44. The zero-order chi connectivity index (χ0) is 22.7. The van der Waals surface area contributed by atoms with Crippen molar-refractivity contribution in [3.63, 3.8) is 0 Å². The summed E-state index contributed by atoms with van der Waals surface area (Å²) >= 11 is 12.0. The summed E-state index contributed by atoms with van der Waals surface area (Å²) in [6, 6.07) is 16.3. The van der Waals surface area contributed by atoms with Crippen molar-refractivity contribution in [2.24, 2.45) is 0 Å². The largest absolute Gasteiger partial charge is 0.352 e. The summed E-state index contributed by atoms with van der Waals surface area (Å²) < 4.78 is 0. The van der Waals surface area contributed by atoms with Crippen molar-refractivity contribution in [2.75, 3.05) is 6.54 Å². The molecule has 2 aliphatic heterocycles. The molecule has 7 heteroatoms. The van der Waals surface area contributed by atoms with E-state index in [1.165, 1.54) is 5.56 Å². The second-order valence-corrected chi connectivity index (χ2v) is 9.61. The fourth-order valence-corrected chi connectivity index (χ4v) is 5.63. The molecule has 0 aromatic heterocycles. The maximum absolute atomic E-state index is 12.5. The maximum Gasteiger partial charge on any atom is 0.251 e. The van der Waals surface area contributed by atoms with Crippen LogP contribution < -0.4 is 10.6 Å². The lowest BCUT2D eigenvalue weighted by Crippen LogP contribution is -2.52. The first-order valence-corrected chi connectivity index (χ1v) is 12.1. The molecule has 2 amide bonds. The molecular formula is C25H29Cl2N3O2. The SMILES string of the molecule is CCC(c1ccc(Cl)cc1)N1[C@@H]2CC[C@@H]1CC(NC(=O)CNC(=O)c1cccc(Cl)c1)C2. The summed E-state index contributed by atoms with van der Waals surface area (Å²) in [5, 5.41) is 7.08. The fourth-order valence-electron chi connectivity index (χ4n) is 5.31. The van der Waals surface area contributed by atoms with Crippen LogP contribution in [0.4, 0.5) is 0 Å². The zero-order valence-electron chi connectivity index (χ0n) is 18.2. The molecule has 2 bridgehead atoms. The molecule has 2 aliphatic rings. The Morgan fingerprint density at radius 1 is 1.03 bits per heavy atom. The monoisotopic (exact) mass is 473 g/mol. The van der Waals surface area contributed by atoms with Gasteiger partial charge in [0, 0.05) is 39.8 Å². The first-order valence-electron chi connectivity index (χ1n) is 11.3. The molecule has 5 nitrogen and oxygen atoms in total. The summed E-state index contributed by atoms with van der Waals surface area (Å²) in [7, 11) is 0. The average molecular weight is 474 g/mol. The van der Waals surface area contributed by atoms with Crippen LogP contribution in [0, 0.1) is 0 Å². The van der Waals surface area contributed by atoms with Gasteiger partial charge in [0.05, 0.1) is 6.54 Å². The number of carbonyl (C=O) groups excluding carboxylic acids is 2. The first-order chi connectivity index (χ1) is 15.4. The van der Waals surface area contributed by atoms with E-state index in [1.54, 1.807) is 24.3 Å². The van der Waals surface area contributed by atoms with Crippen LogP contribution in [0.5, 0.6) is 0 Å². The van der Waals surface area contributed by atoms with Gasteiger partial charge in [-0.2, -0.15) is 0 Å². The lowest BCUT2D eigenvalue weighted by atomic mass is 9.92. The Balaban J connectivity index is 1.31. The van der Waals surface area contributed by atoms with E-state index in [0.29, 0.717) is 28.7 Å². The van der Waals surface area contributed by atoms with Crippen molar-refractivity contribution in [3.05, 3.63) is 69.7 Å². The molecule has 3 atom stereocenters. The van der Waals surface area contributed by atoms with Crippen LogP contribution in [0.1, 0.15) is 61.0 Å². The quantitative estimate of drug-likeness (QED) is 0.595. The number of rotatable bonds is 7. The molecule has 2 heterocycles. The van der Waals surface area contributed by atoms with Gasteiger partial charge in [0.2, 0.25) is 5.91 Å². The Bertz CT molecular complexity index is 952. The van der Waals surface area contributed by atoms with E-state index in [1.807, 2.05) is 12.1 Å². The molecule has 0 spiro atoms. The Morgan fingerprint density at radius 3 is 2.34 bits per heavy atom. The summed E-state index contributed by atoms with van der Waals surface area (Å²) in [6.07, 6.45) is 5.24. The number of piperidine rings is 1. The second-order valence-electron chi connectivity index (χ2n) is 8.74. The Labute approximate surface area is 199 Å². The van der Waals surface area contributed by atoms with E-state index >= 15 is 0 Å². The van der Waals surface area contributed by atoms with Gasteiger partial charge in [-0.05, 0) is 68.0 Å². The number of hydrogen-bond acceptors (Lipinski definition) is 3. The van der Waals surface area contributed by atoms with Gasteiger partial charge in [0.1, 0.15) is 0 Å². The molecule has 2 aromatic carbocycles. The Morgan fingerprint density at radius 2 is 1.72 bits per heavy atom. The van der Waals surface area contributed by atoms with Gasteiger partial charge in [0.25, 0.3) is 5.91 Å². The van der Waals surface area contributed by atoms with E-state index in [4.69, 9.17) is 23.2 Å². The number of nitrogens with one attached hydrogen (secondary N) is 2. The standard InChI is InChI=1S/C25H29Cl2N3O2/c1-2-23(16-6-8-18(26)9-7-16)30-21-10-11-22(30)14-20(13-21)29-24(31)15-28-25(32)17-4-3-5-19(27)12-17/h3-9,12,20-23H,2,10-11,13-15H2,1H3,(H,28,32)(H,29,31)/t21-,22-,23?/m1/s1. The molecule has 2 aromatic rings. The van der Waals surface area contributed by atoms with Gasteiger partial charge < -0.3 is 10.6 Å². The van der Waals surface area contributed by atoms with Crippen molar-refractivity contribution in [1.82, 2.24) is 15.5 Å². The smallest absolute Gasteiger partial charge is 0.251 e. The third kappa shape index (κ3) is 5.28. The van der Waals surface area contributed by atoms with Crippen molar-refractivity contribution in [1.29, 1.82) is 0 Å². The molecule has 170 valence electrons. The van der Waals surface area contributed by atoms with Gasteiger partial charge in [0.15, 0.2) is 0 Å². The van der Waals surface area contributed by atoms with Crippen molar-refractivity contribution in [2.45, 2.75) is 63.2 Å². The van der Waals surface area contributed by atoms with E-state index in [9.17, 15) is 9.59 Å². The molecule has 0 saturated carbocycles. The highest BCUT2D eigenvalue weighted by Crippen LogP contribution is 2.42. The number of hydrogen-bond donors (Lipinski definition) is 2. The molecule has 0 radical (unpaired) electrons. The predicted octanol–water partition coefficient (Wildman–Crippen LogP) is 4.99. The van der Waals surface area contributed by atoms with Crippen LogP contribution >= 0.6 is 23.2 Å². The minimum absolute atomic E-state index is 0.0384. The molecule has 4 rings (SSSR count). The van der Waals surface area contributed by atoms with Crippen LogP contribution in [-0.4, -0.2) is 41.4 Å². The molecule has 1 unspecified atom stereocenters. The topological polar surface area (TPSA) is 61.4 Å². The number of carbonyl (C=O) groups is 2. The van der Waals surface area contributed by atoms with Crippen LogP contribution in [-0.2, 0) is 4.79 Å². The number of amides is 2. The predicted molar refractivity (Wildman–Crippen MR) is 128 cm³/mol. The van der Waals surface area contributed by atoms with Gasteiger partial charge in [-0.25, -0.2) is 0 Å². The number of benzene rings is 2. The molecule has 0 aliphatic carbocycles. The van der Waals surface area contributed by atoms with Crippen LogP contribution in [0.25, 0.3) is 0 Å². The number of fused-ring (bicyclic) bond motifs is 2. The summed E-state index contributed by atoms with van der Waals surface area (Å²) in [4.78, 5) is 27.4. The average Bonchev–Trinajstić information content (AvgIpc) is 3.03. The summed E-state index contributed by atoms with van der Waals surface area (Å²) in [5.74, 6) is -0.450. The summed E-state index contributed by atoms with van der Waals surface area (Å²) in [6.45, 7) is 2.19. The van der Waals surface area contributed by atoms with E-state index in [0.717, 1.165) is 37.1 Å². The van der Waals surface area contributed by atoms with E-state index in [2.05, 4.69) is 34.6 Å². The molecule has 2 N–H and O–H groups in total. The molecular weight excluding hydrogens is 445 g/mol. The van der Waals surface area contributed by atoms with Gasteiger partial charge >= 0.3 is 0 Å². The van der Waals surface area contributed by atoms with Crippen LogP contribution in [0.3, 0.4) is 0 Å². The molecule has 32 heavy (non-hydrogen) atoms. The number of nitrogens with zero attached hydrogens (tertiary/aromatic N) is 1. The lowest BCUT2D eigenvalue weighted by molar-refractivity contribution is -0.121. The van der Waals surface area contributed by atoms with Gasteiger partial charge in [-0.15, -0.1) is 0 Å². The van der Waals surface area contributed by atoms with Gasteiger partial charge in [-0.3, -0.25) is 14.5 Å². The highest BCUT2D eigenvalue weighted by atomic mass is 35.5. The Hall–Kier alpha value is -2.08. The van der Waals surface area contributed by atoms with E-state index in [-0.39, 0.29) is 24.4 Å². The maximum atomic E-state index is 12.5. The summed E-state index contributed by atoms with van der Waals surface area (Å²) in [5.41, 5.74) is 1.75. The van der Waals surface area contributed by atoms with E-state index < -0.39 is 0 Å². The third-order valence-electron chi connectivity index (χ3n) is 6.65. The first kappa shape index (κ1) is 23.1. The van der Waals surface area contributed by atoms with Gasteiger partial charge in [-0.1, -0.05) is 48.3 Å². The minimum atomic E-state index is -0.300. The third-order valence-corrected chi connectivity index (χ3v) is 7.14. The van der Waals surface area contributed by atoms with Crippen molar-refractivity contribution >= 4 is 35.0 Å². The number of halogens is 2. The second kappa shape index (κ2) is 10.2. The highest BCUT2D eigenvalue weighted by Gasteiger charge is 2.44.